The Morgan fingerprint density at radius 3 is 2.60 bits per heavy atom. The highest BCUT2D eigenvalue weighted by Gasteiger charge is 2.19. The van der Waals surface area contributed by atoms with Crippen LogP contribution in [0.4, 0.5) is 11.4 Å². The first-order valence-electron chi connectivity index (χ1n) is 7.87. The van der Waals surface area contributed by atoms with Crippen LogP contribution in [0.25, 0.3) is 0 Å². The molecule has 20 heavy (non-hydrogen) atoms. The maximum atomic E-state index is 12.4. The summed E-state index contributed by atoms with van der Waals surface area (Å²) in [5, 5.41) is 0. The number of nitrogens with two attached hydrogens (primary N) is 1. The second-order valence-corrected chi connectivity index (χ2v) is 5.74. The van der Waals surface area contributed by atoms with Crippen LogP contribution in [0.3, 0.4) is 0 Å². The van der Waals surface area contributed by atoms with Gasteiger partial charge in [0.1, 0.15) is 0 Å². The molecule has 1 amide bonds. The van der Waals surface area contributed by atoms with Crippen LogP contribution in [0, 0.1) is 5.92 Å². The van der Waals surface area contributed by atoms with E-state index in [9.17, 15) is 4.79 Å². The Morgan fingerprint density at radius 2 is 1.95 bits per heavy atom. The third kappa shape index (κ3) is 3.75. The third-order valence-electron chi connectivity index (χ3n) is 4.34. The van der Waals surface area contributed by atoms with Crippen molar-refractivity contribution >= 4 is 17.3 Å². The van der Waals surface area contributed by atoms with Crippen LogP contribution < -0.4 is 10.6 Å². The number of carbonyl (C=O) groups excluding carboxylic acids is 1. The van der Waals surface area contributed by atoms with Gasteiger partial charge in [0, 0.05) is 13.0 Å². The lowest BCUT2D eigenvalue weighted by Crippen LogP contribution is -2.31. The molecule has 1 aliphatic rings. The lowest BCUT2D eigenvalue weighted by molar-refractivity contribution is -0.118. The third-order valence-corrected chi connectivity index (χ3v) is 4.34. The van der Waals surface area contributed by atoms with E-state index < -0.39 is 0 Å². The number of carbonyl (C=O) groups is 1. The first kappa shape index (κ1) is 14.9. The van der Waals surface area contributed by atoms with Crippen LogP contribution >= 0.6 is 0 Å². The molecule has 1 aromatic carbocycles. The fraction of sp³-hybridized carbons (Fsp3) is 0.588. The quantitative estimate of drug-likeness (QED) is 0.825. The van der Waals surface area contributed by atoms with Crippen LogP contribution in [0.1, 0.15) is 51.9 Å². The molecule has 0 aromatic heterocycles. The summed E-state index contributed by atoms with van der Waals surface area (Å²) in [5.41, 5.74) is 7.51. The fourth-order valence-electron chi connectivity index (χ4n) is 3.15. The van der Waals surface area contributed by atoms with Crippen molar-refractivity contribution < 1.29 is 4.79 Å². The van der Waals surface area contributed by atoms with Gasteiger partial charge in [0.2, 0.25) is 5.91 Å². The Hall–Kier alpha value is -1.51. The van der Waals surface area contributed by atoms with Crippen molar-refractivity contribution in [3.8, 4) is 0 Å². The Balaban J connectivity index is 1.93. The van der Waals surface area contributed by atoms with E-state index in [4.69, 9.17) is 5.73 Å². The second kappa shape index (κ2) is 7.32. The maximum absolute atomic E-state index is 12.4. The Labute approximate surface area is 122 Å². The highest BCUT2D eigenvalue weighted by atomic mass is 16.2. The van der Waals surface area contributed by atoms with Crippen LogP contribution in [-0.4, -0.2) is 12.5 Å². The van der Waals surface area contributed by atoms with Crippen molar-refractivity contribution in [3.63, 3.8) is 0 Å². The zero-order valence-electron chi connectivity index (χ0n) is 12.5. The maximum Gasteiger partial charge on any atom is 0.227 e. The van der Waals surface area contributed by atoms with Gasteiger partial charge >= 0.3 is 0 Å². The Morgan fingerprint density at radius 1 is 1.25 bits per heavy atom. The van der Waals surface area contributed by atoms with E-state index in [2.05, 4.69) is 0 Å². The smallest absolute Gasteiger partial charge is 0.227 e. The van der Waals surface area contributed by atoms with Gasteiger partial charge < -0.3 is 10.6 Å². The molecule has 3 heteroatoms. The van der Waals surface area contributed by atoms with E-state index in [1.54, 1.807) is 0 Å². The SMILES string of the molecule is CCN(C(=O)CCC1CCCCC1)c1ccccc1N. The summed E-state index contributed by atoms with van der Waals surface area (Å²) >= 11 is 0. The molecule has 2 N–H and O–H groups in total. The van der Waals surface area contributed by atoms with Gasteiger partial charge in [0.25, 0.3) is 0 Å². The van der Waals surface area contributed by atoms with Crippen LogP contribution in [-0.2, 0) is 4.79 Å². The zero-order valence-corrected chi connectivity index (χ0v) is 12.5. The van der Waals surface area contributed by atoms with Crippen molar-refractivity contribution in [2.45, 2.75) is 51.9 Å². The molecule has 1 aliphatic carbocycles. The largest absolute Gasteiger partial charge is 0.397 e. The minimum absolute atomic E-state index is 0.205. The number of nitrogen functional groups attached to an aromatic ring is 1. The topological polar surface area (TPSA) is 46.3 Å². The molecule has 0 radical (unpaired) electrons. The molecule has 1 fully saturated rings. The Kier molecular flexibility index (Phi) is 5.45. The van der Waals surface area contributed by atoms with Gasteiger partial charge in [-0.05, 0) is 31.4 Å². The minimum atomic E-state index is 0.205. The molecule has 0 spiro atoms. The van der Waals surface area contributed by atoms with Crippen molar-refractivity contribution in [1.29, 1.82) is 0 Å². The predicted octanol–water partition coefficient (Wildman–Crippen LogP) is 3.98. The van der Waals surface area contributed by atoms with Gasteiger partial charge in [-0.1, -0.05) is 44.2 Å². The van der Waals surface area contributed by atoms with Gasteiger partial charge in [-0.15, -0.1) is 0 Å². The second-order valence-electron chi connectivity index (χ2n) is 5.74. The number of rotatable bonds is 5. The summed E-state index contributed by atoms with van der Waals surface area (Å²) < 4.78 is 0. The molecule has 2 rings (SSSR count). The molecule has 0 bridgehead atoms. The van der Waals surface area contributed by atoms with Gasteiger partial charge in [0.15, 0.2) is 0 Å². The van der Waals surface area contributed by atoms with Gasteiger partial charge in [-0.2, -0.15) is 0 Å². The van der Waals surface area contributed by atoms with E-state index in [0.29, 0.717) is 18.7 Å². The summed E-state index contributed by atoms with van der Waals surface area (Å²) in [5.74, 6) is 0.954. The summed E-state index contributed by atoms with van der Waals surface area (Å²) in [7, 11) is 0. The van der Waals surface area contributed by atoms with E-state index in [0.717, 1.165) is 18.0 Å². The number of anilines is 2. The average Bonchev–Trinajstić information content (AvgIpc) is 2.49. The fourth-order valence-corrected chi connectivity index (χ4v) is 3.15. The first-order chi connectivity index (χ1) is 9.72. The normalized spacial score (nSPS) is 16.1. The lowest BCUT2D eigenvalue weighted by atomic mass is 9.86. The van der Waals surface area contributed by atoms with Gasteiger partial charge in [-0.3, -0.25) is 4.79 Å². The van der Waals surface area contributed by atoms with E-state index >= 15 is 0 Å². The van der Waals surface area contributed by atoms with Crippen molar-refractivity contribution in [1.82, 2.24) is 0 Å². The molecular weight excluding hydrogens is 248 g/mol. The average molecular weight is 274 g/mol. The summed E-state index contributed by atoms with van der Waals surface area (Å²) in [6.45, 7) is 2.68. The number of hydrogen-bond acceptors (Lipinski definition) is 2. The van der Waals surface area contributed by atoms with Crippen LogP contribution in [0.5, 0.6) is 0 Å². The first-order valence-corrected chi connectivity index (χ1v) is 7.87. The molecule has 0 aliphatic heterocycles. The molecule has 0 saturated heterocycles. The molecule has 1 aromatic rings. The van der Waals surface area contributed by atoms with Crippen molar-refractivity contribution in [2.75, 3.05) is 17.2 Å². The van der Waals surface area contributed by atoms with Gasteiger partial charge in [0.05, 0.1) is 11.4 Å². The number of nitrogens with zero attached hydrogens (tertiary/aromatic N) is 1. The number of para-hydroxylation sites is 2. The molecule has 110 valence electrons. The van der Waals surface area contributed by atoms with Crippen molar-refractivity contribution in [3.05, 3.63) is 24.3 Å². The van der Waals surface area contributed by atoms with E-state index in [-0.39, 0.29) is 5.91 Å². The number of amides is 1. The van der Waals surface area contributed by atoms with E-state index in [1.165, 1.54) is 32.1 Å². The van der Waals surface area contributed by atoms with Crippen LogP contribution in [0.2, 0.25) is 0 Å². The number of benzene rings is 1. The summed E-state index contributed by atoms with van der Waals surface area (Å²) in [4.78, 5) is 14.3. The predicted molar refractivity (Wildman–Crippen MR) is 84.7 cm³/mol. The molecule has 0 unspecified atom stereocenters. The Bertz CT molecular complexity index is 438. The summed E-state index contributed by atoms with van der Waals surface area (Å²) in [6, 6.07) is 7.62. The van der Waals surface area contributed by atoms with E-state index in [1.807, 2.05) is 36.1 Å². The monoisotopic (exact) mass is 274 g/mol. The van der Waals surface area contributed by atoms with Crippen LogP contribution in [0.15, 0.2) is 24.3 Å². The highest BCUT2D eigenvalue weighted by molar-refractivity contribution is 5.96. The molecule has 1 saturated carbocycles. The standard InChI is InChI=1S/C17H26N2O/c1-2-19(16-11-7-6-10-15(16)18)17(20)13-12-14-8-4-3-5-9-14/h6-7,10-11,14H,2-5,8-9,12-13,18H2,1H3. The summed E-state index contributed by atoms with van der Waals surface area (Å²) in [6.07, 6.45) is 8.31. The lowest BCUT2D eigenvalue weighted by Gasteiger charge is -2.25. The molecule has 0 heterocycles. The molecular formula is C17H26N2O. The highest BCUT2D eigenvalue weighted by Crippen LogP contribution is 2.28. The molecule has 3 nitrogen and oxygen atoms in total. The van der Waals surface area contributed by atoms with Gasteiger partial charge in [-0.25, -0.2) is 0 Å². The molecule has 0 atom stereocenters. The zero-order chi connectivity index (χ0) is 14.4. The van der Waals surface area contributed by atoms with Crippen molar-refractivity contribution in [2.24, 2.45) is 5.92 Å². The minimum Gasteiger partial charge on any atom is -0.397 e. The number of hydrogen-bond donors (Lipinski definition) is 1.